The smallest absolute Gasteiger partial charge is 0.311 e. The van der Waals surface area contributed by atoms with Gasteiger partial charge in [-0.15, -0.1) is 0 Å². The van der Waals surface area contributed by atoms with Gasteiger partial charge in [-0.05, 0) is 25.1 Å². The number of carbonyl (C=O) groups excluding carboxylic acids is 1. The molecule has 1 aromatic carbocycles. The minimum atomic E-state index is -0.506. The number of rotatable bonds is 9. The zero-order valence-electron chi connectivity index (χ0n) is 15.5. The van der Waals surface area contributed by atoms with Gasteiger partial charge in [-0.3, -0.25) is 19.8 Å². The van der Waals surface area contributed by atoms with E-state index < -0.39 is 4.92 Å². The van der Waals surface area contributed by atoms with Crippen LogP contribution in [0.5, 0.6) is 5.75 Å². The number of aromatic nitrogens is 2. The summed E-state index contributed by atoms with van der Waals surface area (Å²) in [7, 11) is 0. The molecule has 1 aliphatic heterocycles. The van der Waals surface area contributed by atoms with E-state index in [-0.39, 0.29) is 29.8 Å². The SMILES string of the molecule is O=C(NCCCN1CCOCC1)c1ccn(COc2ccccc2[N+](=O)[O-])n1. The highest BCUT2D eigenvalue weighted by molar-refractivity contribution is 5.92. The van der Waals surface area contributed by atoms with Crippen LogP contribution in [-0.4, -0.2) is 64.9 Å². The third-order valence-electron chi connectivity index (χ3n) is 4.33. The summed E-state index contributed by atoms with van der Waals surface area (Å²) in [6.07, 6.45) is 2.45. The van der Waals surface area contributed by atoms with Crippen molar-refractivity contribution in [2.75, 3.05) is 39.4 Å². The van der Waals surface area contributed by atoms with Crippen molar-refractivity contribution in [3.8, 4) is 5.75 Å². The molecule has 1 N–H and O–H groups in total. The van der Waals surface area contributed by atoms with Gasteiger partial charge in [-0.2, -0.15) is 5.10 Å². The molecule has 0 unspecified atom stereocenters. The van der Waals surface area contributed by atoms with Crippen LogP contribution in [-0.2, 0) is 11.5 Å². The van der Waals surface area contributed by atoms with Gasteiger partial charge in [0.15, 0.2) is 12.5 Å². The van der Waals surface area contributed by atoms with Crippen molar-refractivity contribution in [1.29, 1.82) is 0 Å². The number of ether oxygens (including phenoxy) is 2. The van der Waals surface area contributed by atoms with Crippen LogP contribution in [0.1, 0.15) is 16.9 Å². The van der Waals surface area contributed by atoms with Crippen LogP contribution in [0, 0.1) is 10.1 Å². The number of nitrogens with one attached hydrogen (secondary N) is 1. The highest BCUT2D eigenvalue weighted by Crippen LogP contribution is 2.25. The standard InChI is InChI=1S/C18H23N5O5/c24-18(19-7-3-8-21-10-12-27-13-11-21)15-6-9-22(20-15)14-28-17-5-2-1-4-16(17)23(25)26/h1-2,4-6,9H,3,7-8,10-14H2,(H,19,24). The van der Waals surface area contributed by atoms with E-state index in [0.717, 1.165) is 39.3 Å². The van der Waals surface area contributed by atoms with Crippen LogP contribution in [0.2, 0.25) is 0 Å². The molecule has 10 nitrogen and oxygen atoms in total. The van der Waals surface area contributed by atoms with Crippen LogP contribution in [0.15, 0.2) is 36.5 Å². The van der Waals surface area contributed by atoms with E-state index >= 15 is 0 Å². The summed E-state index contributed by atoms with van der Waals surface area (Å²) >= 11 is 0. The molecule has 0 saturated carbocycles. The Morgan fingerprint density at radius 2 is 2.07 bits per heavy atom. The predicted molar refractivity (Wildman–Crippen MR) is 100 cm³/mol. The molecule has 2 heterocycles. The van der Waals surface area contributed by atoms with Crippen LogP contribution in [0.3, 0.4) is 0 Å². The highest BCUT2D eigenvalue weighted by Gasteiger charge is 2.15. The van der Waals surface area contributed by atoms with Gasteiger partial charge in [0.2, 0.25) is 0 Å². The Hall–Kier alpha value is -2.98. The summed E-state index contributed by atoms with van der Waals surface area (Å²) in [5.41, 5.74) is 0.158. The second kappa shape index (κ2) is 9.81. The number of nitro benzene ring substituents is 1. The second-order valence-corrected chi connectivity index (χ2v) is 6.30. The molecule has 1 fully saturated rings. The van der Waals surface area contributed by atoms with E-state index in [1.165, 1.54) is 16.8 Å². The Labute approximate surface area is 162 Å². The van der Waals surface area contributed by atoms with Crippen LogP contribution in [0.4, 0.5) is 5.69 Å². The number of amides is 1. The summed E-state index contributed by atoms with van der Waals surface area (Å²) in [6.45, 7) is 4.83. The Morgan fingerprint density at radius 3 is 2.86 bits per heavy atom. The molecule has 0 aliphatic carbocycles. The van der Waals surface area contributed by atoms with E-state index in [1.54, 1.807) is 24.4 Å². The van der Waals surface area contributed by atoms with Crippen molar-refractivity contribution in [3.05, 3.63) is 52.3 Å². The third-order valence-corrected chi connectivity index (χ3v) is 4.33. The summed E-state index contributed by atoms with van der Waals surface area (Å²) < 4.78 is 12.2. The Morgan fingerprint density at radius 1 is 1.29 bits per heavy atom. The largest absolute Gasteiger partial charge is 0.464 e. The van der Waals surface area contributed by atoms with Crippen molar-refractivity contribution < 1.29 is 19.2 Å². The van der Waals surface area contributed by atoms with Crippen molar-refractivity contribution in [2.45, 2.75) is 13.2 Å². The molecule has 0 atom stereocenters. The van der Waals surface area contributed by atoms with Crippen molar-refractivity contribution in [3.63, 3.8) is 0 Å². The summed E-state index contributed by atoms with van der Waals surface area (Å²) in [6, 6.07) is 7.69. The lowest BCUT2D eigenvalue weighted by Crippen LogP contribution is -2.38. The summed E-state index contributed by atoms with van der Waals surface area (Å²) in [5, 5.41) is 18.0. The van der Waals surface area contributed by atoms with Gasteiger partial charge in [0, 0.05) is 31.9 Å². The summed E-state index contributed by atoms with van der Waals surface area (Å²) in [5.74, 6) is -0.108. The van der Waals surface area contributed by atoms with Crippen molar-refractivity contribution in [1.82, 2.24) is 20.0 Å². The first-order valence-electron chi connectivity index (χ1n) is 9.11. The zero-order valence-corrected chi connectivity index (χ0v) is 15.5. The lowest BCUT2D eigenvalue weighted by molar-refractivity contribution is -0.386. The number of benzene rings is 1. The lowest BCUT2D eigenvalue weighted by atomic mass is 10.3. The molecule has 2 aromatic rings. The maximum Gasteiger partial charge on any atom is 0.311 e. The fraction of sp³-hybridized carbons (Fsp3) is 0.444. The molecule has 1 amide bonds. The first kappa shape index (κ1) is 19.8. The number of nitrogens with zero attached hydrogens (tertiary/aromatic N) is 4. The number of para-hydroxylation sites is 2. The molecule has 10 heteroatoms. The van der Waals surface area contributed by atoms with Crippen molar-refractivity contribution in [2.24, 2.45) is 0 Å². The maximum atomic E-state index is 12.2. The minimum absolute atomic E-state index is 0.0326. The zero-order chi connectivity index (χ0) is 19.8. The van der Waals surface area contributed by atoms with E-state index in [4.69, 9.17) is 9.47 Å². The number of nitro groups is 1. The molecule has 28 heavy (non-hydrogen) atoms. The average molecular weight is 389 g/mol. The molecule has 0 spiro atoms. The molecule has 0 radical (unpaired) electrons. The first-order chi connectivity index (χ1) is 13.6. The van der Waals surface area contributed by atoms with E-state index in [9.17, 15) is 14.9 Å². The monoisotopic (exact) mass is 389 g/mol. The second-order valence-electron chi connectivity index (χ2n) is 6.30. The van der Waals surface area contributed by atoms with E-state index in [2.05, 4.69) is 15.3 Å². The molecule has 0 bridgehead atoms. The molecule has 150 valence electrons. The Balaban J connectivity index is 1.43. The van der Waals surface area contributed by atoms with Gasteiger partial charge >= 0.3 is 5.69 Å². The van der Waals surface area contributed by atoms with Gasteiger partial charge in [-0.1, -0.05) is 12.1 Å². The fourth-order valence-corrected chi connectivity index (χ4v) is 2.84. The number of hydrogen-bond donors (Lipinski definition) is 1. The van der Waals surface area contributed by atoms with Gasteiger partial charge in [0.1, 0.15) is 5.69 Å². The molecule has 1 saturated heterocycles. The lowest BCUT2D eigenvalue weighted by Gasteiger charge is -2.26. The quantitative estimate of drug-likeness (QED) is 0.391. The maximum absolute atomic E-state index is 12.2. The molecule has 1 aliphatic rings. The third kappa shape index (κ3) is 5.51. The van der Waals surface area contributed by atoms with Crippen LogP contribution < -0.4 is 10.1 Å². The van der Waals surface area contributed by atoms with Crippen LogP contribution >= 0.6 is 0 Å². The number of hydrogen-bond acceptors (Lipinski definition) is 7. The molecular weight excluding hydrogens is 366 g/mol. The summed E-state index contributed by atoms with van der Waals surface area (Å²) in [4.78, 5) is 25.0. The highest BCUT2D eigenvalue weighted by atomic mass is 16.6. The minimum Gasteiger partial charge on any atom is -0.464 e. The normalized spacial score (nSPS) is 14.6. The van der Waals surface area contributed by atoms with E-state index in [0.29, 0.717) is 6.54 Å². The number of morpholine rings is 1. The Bertz CT molecular complexity index is 803. The van der Waals surface area contributed by atoms with Crippen molar-refractivity contribution >= 4 is 11.6 Å². The molecule has 3 rings (SSSR count). The van der Waals surface area contributed by atoms with Gasteiger partial charge < -0.3 is 14.8 Å². The van der Waals surface area contributed by atoms with Gasteiger partial charge in [-0.25, -0.2) is 4.68 Å². The predicted octanol–water partition coefficient (Wildman–Crippen LogP) is 1.28. The first-order valence-corrected chi connectivity index (χ1v) is 9.11. The fourth-order valence-electron chi connectivity index (χ4n) is 2.84. The van der Waals surface area contributed by atoms with E-state index in [1.807, 2.05) is 0 Å². The van der Waals surface area contributed by atoms with Gasteiger partial charge in [0.25, 0.3) is 5.91 Å². The average Bonchev–Trinajstić information content (AvgIpc) is 3.19. The van der Waals surface area contributed by atoms with Crippen LogP contribution in [0.25, 0.3) is 0 Å². The number of carbonyl (C=O) groups is 1. The Kier molecular flexibility index (Phi) is 6.93. The van der Waals surface area contributed by atoms with Gasteiger partial charge in [0.05, 0.1) is 18.1 Å². The topological polar surface area (TPSA) is 112 Å². The molecular formula is C18H23N5O5. The molecule has 1 aromatic heterocycles.